The van der Waals surface area contributed by atoms with Crippen LogP contribution >= 0.6 is 0 Å². The van der Waals surface area contributed by atoms with Gasteiger partial charge in [-0.1, -0.05) is 72.8 Å². The van der Waals surface area contributed by atoms with Gasteiger partial charge in [0, 0.05) is 47.2 Å². The molecule has 0 aliphatic rings. The topological polar surface area (TPSA) is 241 Å². The number of aliphatic carboxylic acids is 2. The van der Waals surface area contributed by atoms with Crippen molar-refractivity contribution in [1.82, 2.24) is 0 Å². The quantitative estimate of drug-likeness (QED) is 0.0342. The lowest BCUT2D eigenvalue weighted by atomic mass is 9.87. The van der Waals surface area contributed by atoms with E-state index in [1.54, 1.807) is 13.8 Å². The van der Waals surface area contributed by atoms with Gasteiger partial charge in [0.15, 0.2) is 0 Å². The first-order valence-corrected chi connectivity index (χ1v) is 30.1. The number of carboxylic acids is 2. The van der Waals surface area contributed by atoms with Crippen LogP contribution in [0, 0.1) is 45.3 Å². The Morgan fingerprint density at radius 3 is 0.761 bits per heavy atom. The number of rotatable bonds is 28. The minimum Gasteiger partial charge on any atom is -0.494 e. The molecule has 444 valence electrons. The van der Waals surface area contributed by atoms with Gasteiger partial charge in [-0.2, -0.15) is 21.0 Å². The summed E-state index contributed by atoms with van der Waals surface area (Å²) in [6, 6.07) is 48.4. The molecule has 10 aromatic rings. The number of ketones is 2. The second-order valence-electron chi connectivity index (χ2n) is 22.3. The van der Waals surface area contributed by atoms with Crippen LogP contribution in [0.4, 0.5) is 0 Å². The third kappa shape index (κ3) is 14.7. The van der Waals surface area contributed by atoms with Crippen molar-refractivity contribution in [3.05, 3.63) is 144 Å². The number of fused-ring (bicyclic) bond motifs is 14. The van der Waals surface area contributed by atoms with Crippen molar-refractivity contribution in [1.29, 1.82) is 21.0 Å². The zero-order chi connectivity index (χ0) is 62.1. The molecule has 10 rings (SSSR count). The lowest BCUT2D eigenvalue weighted by molar-refractivity contribution is -0.138. The second-order valence-corrected chi connectivity index (χ2v) is 22.3. The summed E-state index contributed by atoms with van der Waals surface area (Å²) in [4.78, 5) is 43.8. The Morgan fingerprint density at radius 1 is 0.318 bits per heavy atom. The van der Waals surface area contributed by atoms with Crippen LogP contribution in [0.15, 0.2) is 121 Å². The molecular formula is C74H68N4O10. The molecule has 0 spiro atoms. The Hall–Kier alpha value is -10.3. The normalized spacial score (nSPS) is 11.1. The van der Waals surface area contributed by atoms with E-state index in [1.165, 1.54) is 0 Å². The number of unbranched alkanes of at least 4 members (excludes halogenated alkanes) is 8. The number of nitrogens with zero attached hydrogens (tertiary/aromatic N) is 4. The predicted molar refractivity (Wildman–Crippen MR) is 344 cm³/mol. The van der Waals surface area contributed by atoms with E-state index >= 15 is 0 Å². The van der Waals surface area contributed by atoms with E-state index in [-0.39, 0.29) is 24.4 Å². The first-order valence-electron chi connectivity index (χ1n) is 30.1. The highest BCUT2D eigenvalue weighted by Crippen LogP contribution is 2.44. The van der Waals surface area contributed by atoms with Crippen molar-refractivity contribution in [2.45, 2.75) is 117 Å². The number of hydrogen-bond donors (Lipinski definition) is 2. The van der Waals surface area contributed by atoms with Gasteiger partial charge in [0.25, 0.3) is 0 Å². The highest BCUT2D eigenvalue weighted by molar-refractivity contribution is 6.31. The van der Waals surface area contributed by atoms with Gasteiger partial charge in [-0.15, -0.1) is 0 Å². The van der Waals surface area contributed by atoms with Gasteiger partial charge in [-0.05, 0) is 204 Å². The van der Waals surface area contributed by atoms with E-state index < -0.39 is 11.9 Å². The van der Waals surface area contributed by atoms with Crippen LogP contribution in [0.2, 0.25) is 0 Å². The van der Waals surface area contributed by atoms with E-state index in [0.717, 1.165) is 151 Å². The third-order valence-electron chi connectivity index (χ3n) is 16.0. The molecule has 0 bridgehead atoms. The molecule has 0 aliphatic carbocycles. The lowest BCUT2D eigenvalue weighted by Gasteiger charge is -2.15. The summed E-state index contributed by atoms with van der Waals surface area (Å²) >= 11 is 0. The van der Waals surface area contributed by atoms with Crippen LogP contribution in [-0.4, -0.2) is 60.1 Å². The molecule has 0 radical (unpaired) electrons. The first-order chi connectivity index (χ1) is 42.8. The summed E-state index contributed by atoms with van der Waals surface area (Å²) in [5.41, 5.74) is 1.46. The molecule has 0 amide bonds. The molecule has 88 heavy (non-hydrogen) atoms. The summed E-state index contributed by atoms with van der Waals surface area (Å²) in [5, 5.41) is 72.5. The lowest BCUT2D eigenvalue weighted by Crippen LogP contribution is -1.99. The smallest absolute Gasteiger partial charge is 0.303 e. The van der Waals surface area contributed by atoms with Gasteiger partial charge < -0.3 is 38.7 Å². The van der Waals surface area contributed by atoms with Crippen molar-refractivity contribution < 1.29 is 48.3 Å². The Kier molecular flexibility index (Phi) is 21.0. The molecule has 0 unspecified atom stereocenters. The molecule has 0 fully saturated rings. The minimum atomic E-state index is -0.787. The summed E-state index contributed by atoms with van der Waals surface area (Å²) in [5.74, 6) is 1.83. The molecular weight excluding hydrogens is 1100 g/mol. The molecule has 0 aliphatic heterocycles. The molecule has 2 N–H and O–H groups in total. The Bertz CT molecular complexity index is 3930. The van der Waals surface area contributed by atoms with Crippen LogP contribution < -0.4 is 18.9 Å². The average Bonchev–Trinajstić information content (AvgIpc) is 0.828. The van der Waals surface area contributed by atoms with Gasteiger partial charge in [0.1, 0.15) is 58.8 Å². The molecule has 14 nitrogen and oxygen atoms in total. The van der Waals surface area contributed by atoms with Crippen molar-refractivity contribution in [2.24, 2.45) is 0 Å². The van der Waals surface area contributed by atoms with Gasteiger partial charge in [-0.3, -0.25) is 9.59 Å². The number of nitriles is 4. The van der Waals surface area contributed by atoms with Crippen LogP contribution in [0.1, 0.15) is 139 Å². The van der Waals surface area contributed by atoms with Crippen LogP contribution in [0.25, 0.3) is 86.2 Å². The van der Waals surface area contributed by atoms with Crippen molar-refractivity contribution in [3.63, 3.8) is 0 Å². The molecule has 0 saturated carbocycles. The van der Waals surface area contributed by atoms with E-state index in [2.05, 4.69) is 24.3 Å². The van der Waals surface area contributed by atoms with Crippen LogP contribution in [-0.2, 0) is 19.2 Å². The maximum absolute atomic E-state index is 11.2. The number of carbonyl (C=O) groups excluding carboxylic acids is 2. The van der Waals surface area contributed by atoms with Crippen LogP contribution in [0.5, 0.6) is 23.0 Å². The summed E-state index contributed by atoms with van der Waals surface area (Å²) in [7, 11) is 0. The summed E-state index contributed by atoms with van der Waals surface area (Å²) in [6.07, 6.45) is 11.3. The SMILES string of the molecule is CC(=O)CCCCCOc1ccc2c(ccc3c(C#N)c(C#N)c4ccc5cc(OCCCCCC(C)=O)ccc5c4c32)c1.N#Cc1c(C#N)c2ccc3cc(OCCCCCC(=O)O)ccc3c2c2c1ccc1cc(OCCCCCC(=O)O)ccc12. The molecule has 0 saturated heterocycles. The molecule has 0 heterocycles. The third-order valence-corrected chi connectivity index (χ3v) is 16.0. The zero-order valence-electron chi connectivity index (χ0n) is 49.6. The Morgan fingerprint density at radius 2 is 0.545 bits per heavy atom. The maximum atomic E-state index is 11.2. The van der Waals surface area contributed by atoms with Gasteiger partial charge >= 0.3 is 11.9 Å². The Balaban J connectivity index is 0.000000209. The fourth-order valence-electron chi connectivity index (χ4n) is 11.7. The minimum absolute atomic E-state index is 0.161. The first kappa shape index (κ1) is 62.3. The van der Waals surface area contributed by atoms with E-state index in [4.69, 9.17) is 29.2 Å². The van der Waals surface area contributed by atoms with E-state index in [1.807, 2.05) is 121 Å². The second kappa shape index (κ2) is 29.7. The number of carbonyl (C=O) groups is 4. The van der Waals surface area contributed by atoms with E-state index in [9.17, 15) is 40.2 Å². The van der Waals surface area contributed by atoms with Crippen molar-refractivity contribution >= 4 is 110 Å². The molecule has 0 atom stereocenters. The molecule has 0 aromatic heterocycles. The van der Waals surface area contributed by atoms with Crippen molar-refractivity contribution in [2.75, 3.05) is 26.4 Å². The summed E-state index contributed by atoms with van der Waals surface area (Å²) in [6.45, 7) is 5.38. The number of Topliss-reactive ketones (excluding diaryl/α,β-unsaturated/α-hetero) is 2. The zero-order valence-corrected chi connectivity index (χ0v) is 49.6. The fourth-order valence-corrected chi connectivity index (χ4v) is 11.7. The number of hydrogen-bond acceptors (Lipinski definition) is 12. The standard InChI is InChI=1S/C38H36N2O4.C36H32N2O6/c1-25(41)9-5-3-7-19-43-29-13-17-31-27(21-29)11-15-33-35(23-39)36(24-40)34-16-12-28-22-30(14-18-32(28)38(34)37(31)33)44-20-8-4-6-10-26(2)42;37-21-31-29-13-9-23-19-25(43-17-5-1-3-7-33(39)40)11-15-27(23)35(29)36-28-16-12-26(44-18-6-2-4-8-34(41)42)20-24(28)10-14-30(36)32(31)22-38/h11-18,21-22H,3-10,19-20H2,1-2H3;9-16,19-20H,1-8,17-18H2,(H,39,40)(H,41,42). The van der Waals surface area contributed by atoms with Gasteiger partial charge in [-0.25, -0.2) is 0 Å². The number of ether oxygens (including phenoxy) is 4. The predicted octanol–water partition coefficient (Wildman–Crippen LogP) is 17.2. The van der Waals surface area contributed by atoms with Crippen LogP contribution in [0.3, 0.4) is 0 Å². The monoisotopic (exact) mass is 1170 g/mol. The fraction of sp³-hybridized carbons (Fsp3) is 0.297. The van der Waals surface area contributed by atoms with E-state index in [0.29, 0.717) is 96.6 Å². The van der Waals surface area contributed by atoms with Gasteiger partial charge in [0.2, 0.25) is 0 Å². The highest BCUT2D eigenvalue weighted by atomic mass is 16.5. The largest absolute Gasteiger partial charge is 0.494 e. The Labute approximate surface area is 510 Å². The maximum Gasteiger partial charge on any atom is 0.303 e. The van der Waals surface area contributed by atoms with Gasteiger partial charge in [0.05, 0.1) is 48.7 Å². The molecule has 14 heteroatoms. The number of carboxylic acid groups (broad SMARTS) is 2. The highest BCUT2D eigenvalue weighted by Gasteiger charge is 2.21. The molecule has 10 aromatic carbocycles. The number of benzene rings is 10. The summed E-state index contributed by atoms with van der Waals surface area (Å²) < 4.78 is 24.0. The average molecular weight is 1170 g/mol. The van der Waals surface area contributed by atoms with Crippen molar-refractivity contribution in [3.8, 4) is 47.3 Å².